The van der Waals surface area contributed by atoms with E-state index in [4.69, 9.17) is 16.6 Å². The van der Waals surface area contributed by atoms with Crippen LogP contribution in [0.15, 0.2) is 65.6 Å². The number of nitrogens with zero attached hydrogens (tertiary/aromatic N) is 3. The van der Waals surface area contributed by atoms with Crippen molar-refractivity contribution in [1.29, 1.82) is 0 Å². The zero-order valence-electron chi connectivity index (χ0n) is 21.9. The Bertz CT molecular complexity index is 1530. The summed E-state index contributed by atoms with van der Waals surface area (Å²) < 4.78 is 29.0. The van der Waals surface area contributed by atoms with Gasteiger partial charge in [0.15, 0.2) is 5.13 Å². The van der Waals surface area contributed by atoms with Crippen molar-refractivity contribution >= 4 is 59.9 Å². The van der Waals surface area contributed by atoms with E-state index in [9.17, 15) is 13.2 Å². The molecule has 1 heterocycles. The minimum absolute atomic E-state index is 0.178. The molecule has 0 unspecified atom stereocenters. The lowest BCUT2D eigenvalue weighted by molar-refractivity contribution is 0.0984. The molecule has 0 bridgehead atoms. The molecule has 0 atom stereocenters. The lowest BCUT2D eigenvalue weighted by Crippen LogP contribution is -2.38. The molecule has 0 aliphatic heterocycles. The summed E-state index contributed by atoms with van der Waals surface area (Å²) in [5.74, 6) is -0.201. The number of rotatable bonds is 10. The van der Waals surface area contributed by atoms with Crippen LogP contribution in [-0.4, -0.2) is 50.4 Å². The predicted molar refractivity (Wildman–Crippen MR) is 157 cm³/mol. The second-order valence-electron chi connectivity index (χ2n) is 9.05. The van der Waals surface area contributed by atoms with E-state index < -0.39 is 10.0 Å². The van der Waals surface area contributed by atoms with Crippen LogP contribution in [0.5, 0.6) is 0 Å². The van der Waals surface area contributed by atoms with Gasteiger partial charge in [0, 0.05) is 29.4 Å². The van der Waals surface area contributed by atoms with Crippen LogP contribution in [0.3, 0.4) is 0 Å². The lowest BCUT2D eigenvalue weighted by Gasteiger charge is -2.24. The van der Waals surface area contributed by atoms with Crippen molar-refractivity contribution in [2.24, 2.45) is 0 Å². The Kier molecular flexibility index (Phi) is 8.72. The number of anilines is 2. The van der Waals surface area contributed by atoms with E-state index in [1.54, 1.807) is 53.4 Å². The van der Waals surface area contributed by atoms with Crippen molar-refractivity contribution in [2.75, 3.05) is 35.8 Å². The number of benzene rings is 3. The third-order valence-corrected chi connectivity index (χ3v) is 9.01. The molecule has 1 N–H and O–H groups in total. The highest BCUT2D eigenvalue weighted by molar-refractivity contribution is 7.92. The second kappa shape index (κ2) is 11.8. The number of carbonyl (C=O) groups is 1. The molecule has 7 nitrogen and oxygen atoms in total. The first-order chi connectivity index (χ1) is 18.1. The van der Waals surface area contributed by atoms with Gasteiger partial charge < -0.3 is 4.90 Å². The third-order valence-electron chi connectivity index (χ3n) is 6.36. The van der Waals surface area contributed by atoms with E-state index >= 15 is 0 Å². The van der Waals surface area contributed by atoms with Crippen LogP contribution in [0.2, 0.25) is 5.02 Å². The van der Waals surface area contributed by atoms with Crippen molar-refractivity contribution < 1.29 is 13.2 Å². The highest BCUT2D eigenvalue weighted by Crippen LogP contribution is 2.33. The lowest BCUT2D eigenvalue weighted by atomic mass is 10.2. The number of likely N-dealkylation sites (N-methyl/N-ethyl adjacent to an activating group) is 1. The first-order valence-electron chi connectivity index (χ1n) is 12.4. The van der Waals surface area contributed by atoms with E-state index in [2.05, 4.69) is 23.5 Å². The summed E-state index contributed by atoms with van der Waals surface area (Å²) in [6, 6.07) is 16.8. The van der Waals surface area contributed by atoms with Crippen molar-refractivity contribution in [3.8, 4) is 0 Å². The van der Waals surface area contributed by atoms with E-state index in [-0.39, 0.29) is 10.8 Å². The third kappa shape index (κ3) is 6.35. The van der Waals surface area contributed by atoms with Gasteiger partial charge in [-0.3, -0.25) is 14.4 Å². The number of hydrogen-bond acceptors (Lipinski definition) is 6. The van der Waals surface area contributed by atoms with Crippen LogP contribution in [-0.2, 0) is 10.0 Å². The molecule has 0 saturated carbocycles. The number of carbonyl (C=O) groups excluding carboxylic acids is 1. The van der Waals surface area contributed by atoms with E-state index in [1.807, 2.05) is 26.0 Å². The number of amides is 1. The molecular weight excluding hydrogens is 540 g/mol. The number of aryl methyl sites for hydroxylation is 2. The fraction of sp³-hybridized carbons (Fsp3) is 0.286. The van der Waals surface area contributed by atoms with Gasteiger partial charge in [-0.1, -0.05) is 54.5 Å². The van der Waals surface area contributed by atoms with Gasteiger partial charge in [0.2, 0.25) is 0 Å². The van der Waals surface area contributed by atoms with Gasteiger partial charge in [-0.05, 0) is 81.0 Å². The van der Waals surface area contributed by atoms with Gasteiger partial charge in [0.1, 0.15) is 0 Å². The van der Waals surface area contributed by atoms with Crippen LogP contribution in [0.4, 0.5) is 10.8 Å². The monoisotopic (exact) mass is 570 g/mol. The number of thiazole rings is 1. The fourth-order valence-electron chi connectivity index (χ4n) is 4.09. The van der Waals surface area contributed by atoms with Gasteiger partial charge in [0.05, 0.1) is 15.1 Å². The molecule has 3 aromatic carbocycles. The number of fused-ring (bicyclic) bond motifs is 1. The van der Waals surface area contributed by atoms with Crippen LogP contribution in [0.25, 0.3) is 10.2 Å². The molecule has 4 rings (SSSR count). The van der Waals surface area contributed by atoms with E-state index in [0.29, 0.717) is 34.5 Å². The van der Waals surface area contributed by atoms with Gasteiger partial charge >= 0.3 is 0 Å². The number of hydrogen-bond donors (Lipinski definition) is 1. The molecule has 4 aromatic rings. The summed E-state index contributed by atoms with van der Waals surface area (Å²) in [6.07, 6.45) is 0. The first-order valence-corrected chi connectivity index (χ1v) is 15.1. The summed E-state index contributed by atoms with van der Waals surface area (Å²) in [5.41, 5.74) is 3.58. The Morgan fingerprint density at radius 1 is 0.974 bits per heavy atom. The molecule has 0 radical (unpaired) electrons. The summed E-state index contributed by atoms with van der Waals surface area (Å²) >= 11 is 7.69. The minimum atomic E-state index is -3.74. The van der Waals surface area contributed by atoms with Gasteiger partial charge in [-0.25, -0.2) is 13.4 Å². The van der Waals surface area contributed by atoms with E-state index in [1.165, 1.54) is 11.3 Å². The Morgan fingerprint density at radius 2 is 1.63 bits per heavy atom. The summed E-state index contributed by atoms with van der Waals surface area (Å²) in [4.78, 5) is 22.6. The number of sulfonamides is 1. The second-order valence-corrected chi connectivity index (χ2v) is 12.2. The summed E-state index contributed by atoms with van der Waals surface area (Å²) in [7, 11) is -3.74. The van der Waals surface area contributed by atoms with Crippen molar-refractivity contribution in [1.82, 2.24) is 9.88 Å². The topological polar surface area (TPSA) is 82.6 Å². The number of nitrogens with one attached hydrogen (secondary N) is 1. The molecule has 200 valence electrons. The predicted octanol–water partition coefficient (Wildman–Crippen LogP) is 6.36. The molecule has 1 aromatic heterocycles. The van der Waals surface area contributed by atoms with Crippen molar-refractivity contribution in [2.45, 2.75) is 32.6 Å². The first kappa shape index (κ1) is 28.0. The van der Waals surface area contributed by atoms with Crippen LogP contribution in [0.1, 0.15) is 35.3 Å². The fourth-order valence-corrected chi connectivity index (χ4v) is 6.59. The summed E-state index contributed by atoms with van der Waals surface area (Å²) in [6.45, 7) is 11.0. The maximum absolute atomic E-state index is 13.7. The van der Waals surface area contributed by atoms with E-state index in [0.717, 1.165) is 34.4 Å². The Balaban J connectivity index is 1.60. The van der Waals surface area contributed by atoms with Crippen molar-refractivity contribution in [3.05, 3.63) is 82.4 Å². The van der Waals surface area contributed by atoms with Crippen LogP contribution in [0, 0.1) is 13.8 Å². The number of aromatic nitrogens is 1. The molecule has 0 aliphatic carbocycles. The zero-order valence-corrected chi connectivity index (χ0v) is 24.3. The average molecular weight is 571 g/mol. The average Bonchev–Trinajstić information content (AvgIpc) is 3.31. The van der Waals surface area contributed by atoms with Crippen LogP contribution < -0.4 is 9.62 Å². The Labute approximate surface area is 233 Å². The van der Waals surface area contributed by atoms with Gasteiger partial charge in [-0.15, -0.1) is 0 Å². The van der Waals surface area contributed by atoms with Gasteiger partial charge in [-0.2, -0.15) is 0 Å². The summed E-state index contributed by atoms with van der Waals surface area (Å²) in [5, 5.41) is 1.24. The largest absolute Gasteiger partial charge is 0.302 e. The standard InChI is InChI=1S/C28H31ClN4O3S2/c1-5-32(6-2)15-16-33(28-30-26-20(4)17-22(29)18-25(26)37-28)27(34)21-9-11-23(12-10-21)31-38(35,36)24-13-7-19(3)8-14-24/h7-14,17-18,31H,5-6,15-16H2,1-4H3. The normalized spacial score (nSPS) is 11.7. The minimum Gasteiger partial charge on any atom is -0.302 e. The molecule has 0 saturated heterocycles. The quantitative estimate of drug-likeness (QED) is 0.240. The molecule has 0 aliphatic rings. The van der Waals surface area contributed by atoms with Crippen LogP contribution >= 0.6 is 22.9 Å². The molecule has 0 spiro atoms. The zero-order chi connectivity index (χ0) is 27.4. The highest BCUT2D eigenvalue weighted by atomic mass is 35.5. The smallest absolute Gasteiger partial charge is 0.261 e. The van der Waals surface area contributed by atoms with Gasteiger partial charge in [0.25, 0.3) is 15.9 Å². The maximum atomic E-state index is 13.7. The maximum Gasteiger partial charge on any atom is 0.261 e. The SMILES string of the molecule is CCN(CC)CCN(C(=O)c1ccc(NS(=O)(=O)c2ccc(C)cc2)cc1)c1nc2c(C)cc(Cl)cc2s1. The molecule has 10 heteroatoms. The molecule has 38 heavy (non-hydrogen) atoms. The molecule has 0 fully saturated rings. The highest BCUT2D eigenvalue weighted by Gasteiger charge is 2.23. The van der Waals surface area contributed by atoms with Crippen molar-refractivity contribution in [3.63, 3.8) is 0 Å². The number of halogens is 1. The Hall–Kier alpha value is -2.98. The molecular formula is C28H31ClN4O3S2. The molecule has 1 amide bonds. The Morgan fingerprint density at radius 3 is 2.26 bits per heavy atom.